The van der Waals surface area contributed by atoms with Crippen LogP contribution in [0.25, 0.3) is 0 Å². The molecule has 0 radical (unpaired) electrons. The van der Waals surface area contributed by atoms with Crippen molar-refractivity contribution in [2.24, 2.45) is 17.8 Å². The van der Waals surface area contributed by atoms with Gasteiger partial charge < -0.3 is 0 Å². The van der Waals surface area contributed by atoms with Gasteiger partial charge in [0.25, 0.3) is 0 Å². The lowest BCUT2D eigenvalue weighted by molar-refractivity contribution is 0.433. The SMILES string of the molecule is CC(CCC1C=CC=C1)C1C=CC=C1. The van der Waals surface area contributed by atoms with E-state index in [4.69, 9.17) is 0 Å². The minimum absolute atomic E-state index is 0.685. The summed E-state index contributed by atoms with van der Waals surface area (Å²) in [6, 6.07) is 0. The van der Waals surface area contributed by atoms with Crippen molar-refractivity contribution in [3.8, 4) is 0 Å². The van der Waals surface area contributed by atoms with Gasteiger partial charge in [0.1, 0.15) is 0 Å². The van der Waals surface area contributed by atoms with Crippen molar-refractivity contribution in [3.05, 3.63) is 48.6 Å². The molecule has 0 heteroatoms. The Balaban J connectivity index is 1.74. The molecule has 1 atom stereocenters. The fourth-order valence-electron chi connectivity index (χ4n) is 2.15. The molecule has 0 aromatic rings. The van der Waals surface area contributed by atoms with Crippen LogP contribution in [0.15, 0.2) is 48.6 Å². The highest BCUT2D eigenvalue weighted by Gasteiger charge is 2.14. The van der Waals surface area contributed by atoms with E-state index in [0.717, 1.165) is 5.92 Å². The quantitative estimate of drug-likeness (QED) is 0.625. The van der Waals surface area contributed by atoms with E-state index in [0.29, 0.717) is 11.8 Å². The largest absolute Gasteiger partial charge is 0.0776 e. The van der Waals surface area contributed by atoms with Gasteiger partial charge in [-0.15, -0.1) is 0 Å². The van der Waals surface area contributed by atoms with Gasteiger partial charge in [0.2, 0.25) is 0 Å². The van der Waals surface area contributed by atoms with Gasteiger partial charge in [-0.05, 0) is 30.6 Å². The zero-order valence-corrected chi connectivity index (χ0v) is 8.77. The molecule has 0 N–H and O–H groups in total. The first-order chi connectivity index (χ1) is 6.86. The summed E-state index contributed by atoms with van der Waals surface area (Å²) in [6.45, 7) is 2.35. The summed E-state index contributed by atoms with van der Waals surface area (Å²) in [5, 5.41) is 0. The first-order valence-electron chi connectivity index (χ1n) is 5.56. The van der Waals surface area contributed by atoms with E-state index >= 15 is 0 Å². The van der Waals surface area contributed by atoms with Gasteiger partial charge in [-0.3, -0.25) is 0 Å². The molecule has 0 aliphatic heterocycles. The monoisotopic (exact) mass is 186 g/mol. The third kappa shape index (κ3) is 2.25. The van der Waals surface area contributed by atoms with Crippen molar-refractivity contribution >= 4 is 0 Å². The minimum Gasteiger partial charge on any atom is -0.0776 e. The van der Waals surface area contributed by atoms with Gasteiger partial charge in [0.15, 0.2) is 0 Å². The van der Waals surface area contributed by atoms with Crippen LogP contribution in [0.4, 0.5) is 0 Å². The molecule has 0 aromatic heterocycles. The van der Waals surface area contributed by atoms with Crippen LogP contribution in [0, 0.1) is 17.8 Å². The maximum absolute atomic E-state index is 2.35. The van der Waals surface area contributed by atoms with Crippen LogP contribution in [0.5, 0.6) is 0 Å². The van der Waals surface area contributed by atoms with Crippen LogP contribution < -0.4 is 0 Å². The Labute approximate surface area is 86.7 Å². The Kier molecular flexibility index (Phi) is 3.03. The van der Waals surface area contributed by atoms with Gasteiger partial charge in [0.05, 0.1) is 0 Å². The third-order valence-corrected chi connectivity index (χ3v) is 3.22. The van der Waals surface area contributed by atoms with E-state index < -0.39 is 0 Å². The van der Waals surface area contributed by atoms with E-state index in [9.17, 15) is 0 Å². The van der Waals surface area contributed by atoms with Crippen LogP contribution in [-0.4, -0.2) is 0 Å². The Hall–Kier alpha value is -1.04. The molecule has 0 saturated carbocycles. The number of allylic oxidation sites excluding steroid dienone is 8. The Morgan fingerprint density at radius 3 is 2.14 bits per heavy atom. The summed E-state index contributed by atoms with van der Waals surface area (Å²) < 4.78 is 0. The normalized spacial score (nSPS) is 22.6. The molecule has 0 amide bonds. The summed E-state index contributed by atoms with van der Waals surface area (Å²) in [7, 11) is 0. The van der Waals surface area contributed by atoms with Gasteiger partial charge in [-0.1, -0.05) is 55.5 Å². The molecule has 0 fully saturated rings. The van der Waals surface area contributed by atoms with Crippen molar-refractivity contribution in [2.45, 2.75) is 19.8 Å². The highest BCUT2D eigenvalue weighted by molar-refractivity contribution is 5.19. The van der Waals surface area contributed by atoms with Crippen molar-refractivity contribution in [2.75, 3.05) is 0 Å². The average molecular weight is 186 g/mol. The second kappa shape index (κ2) is 4.45. The van der Waals surface area contributed by atoms with Crippen molar-refractivity contribution in [3.63, 3.8) is 0 Å². The first kappa shape index (κ1) is 9.51. The highest BCUT2D eigenvalue weighted by atomic mass is 14.2. The Morgan fingerprint density at radius 2 is 1.50 bits per heavy atom. The van der Waals surface area contributed by atoms with Crippen LogP contribution >= 0.6 is 0 Å². The highest BCUT2D eigenvalue weighted by Crippen LogP contribution is 2.26. The zero-order chi connectivity index (χ0) is 9.80. The molecule has 14 heavy (non-hydrogen) atoms. The predicted molar refractivity (Wildman–Crippen MR) is 61.9 cm³/mol. The molecule has 0 nitrogen and oxygen atoms in total. The number of hydrogen-bond donors (Lipinski definition) is 0. The first-order valence-corrected chi connectivity index (χ1v) is 5.56. The second-order valence-electron chi connectivity index (χ2n) is 4.34. The standard InChI is InChI=1S/C14H18/c1-12(14-8-4-5-9-14)10-11-13-6-2-3-7-13/h2-9,12-14H,10-11H2,1H3. The van der Waals surface area contributed by atoms with E-state index in [1.807, 2.05) is 0 Å². The van der Waals surface area contributed by atoms with Gasteiger partial charge in [-0.25, -0.2) is 0 Å². The summed E-state index contributed by atoms with van der Waals surface area (Å²) >= 11 is 0. The molecule has 0 saturated heterocycles. The van der Waals surface area contributed by atoms with Crippen LogP contribution in [-0.2, 0) is 0 Å². The van der Waals surface area contributed by atoms with E-state index in [1.165, 1.54) is 12.8 Å². The molecule has 0 heterocycles. The van der Waals surface area contributed by atoms with E-state index in [-0.39, 0.29) is 0 Å². The van der Waals surface area contributed by atoms with Gasteiger partial charge in [0, 0.05) is 0 Å². The fraction of sp³-hybridized carbons (Fsp3) is 0.429. The van der Waals surface area contributed by atoms with Gasteiger partial charge >= 0.3 is 0 Å². The van der Waals surface area contributed by atoms with E-state index in [2.05, 4.69) is 55.5 Å². The molecule has 2 rings (SSSR count). The minimum atomic E-state index is 0.685. The average Bonchev–Trinajstić information content (AvgIpc) is 2.87. The number of rotatable bonds is 4. The Bertz CT molecular complexity index is 267. The molecule has 2 aliphatic rings. The smallest absolute Gasteiger partial charge is 0.00216 e. The summed E-state index contributed by atoms with van der Waals surface area (Å²) in [4.78, 5) is 0. The maximum atomic E-state index is 2.35. The van der Waals surface area contributed by atoms with Crippen molar-refractivity contribution < 1.29 is 0 Å². The molecule has 1 unspecified atom stereocenters. The molecule has 0 spiro atoms. The molecular formula is C14H18. The van der Waals surface area contributed by atoms with Crippen LogP contribution in [0.3, 0.4) is 0 Å². The summed E-state index contributed by atoms with van der Waals surface area (Å²) in [5.74, 6) is 2.17. The Morgan fingerprint density at radius 1 is 0.929 bits per heavy atom. The molecule has 2 aliphatic carbocycles. The topological polar surface area (TPSA) is 0 Å². The lowest BCUT2D eigenvalue weighted by Gasteiger charge is -2.16. The van der Waals surface area contributed by atoms with E-state index in [1.54, 1.807) is 0 Å². The van der Waals surface area contributed by atoms with Gasteiger partial charge in [-0.2, -0.15) is 0 Å². The second-order valence-corrected chi connectivity index (χ2v) is 4.34. The lowest BCUT2D eigenvalue weighted by atomic mass is 9.88. The molecular weight excluding hydrogens is 168 g/mol. The van der Waals surface area contributed by atoms with Crippen LogP contribution in [0.1, 0.15) is 19.8 Å². The summed E-state index contributed by atoms with van der Waals surface area (Å²) in [5.41, 5.74) is 0. The predicted octanol–water partition coefficient (Wildman–Crippen LogP) is 3.89. The molecule has 0 bridgehead atoms. The summed E-state index contributed by atoms with van der Waals surface area (Å²) in [6.07, 6.45) is 20.5. The van der Waals surface area contributed by atoms with Crippen molar-refractivity contribution in [1.82, 2.24) is 0 Å². The maximum Gasteiger partial charge on any atom is -0.00216 e. The molecule has 74 valence electrons. The number of hydrogen-bond acceptors (Lipinski definition) is 0. The zero-order valence-electron chi connectivity index (χ0n) is 8.77. The van der Waals surface area contributed by atoms with Crippen LogP contribution in [0.2, 0.25) is 0 Å². The fourth-order valence-corrected chi connectivity index (χ4v) is 2.15. The lowest BCUT2D eigenvalue weighted by Crippen LogP contribution is -2.06. The molecule has 0 aromatic carbocycles. The van der Waals surface area contributed by atoms with Crippen molar-refractivity contribution in [1.29, 1.82) is 0 Å². The third-order valence-electron chi connectivity index (χ3n) is 3.22.